The first-order chi connectivity index (χ1) is 9.90. The summed E-state index contributed by atoms with van der Waals surface area (Å²) in [4.78, 5) is 15.4. The van der Waals surface area contributed by atoms with Crippen molar-refractivity contribution in [2.45, 2.75) is 39.7 Å². The molecule has 0 radical (unpaired) electrons. The molecule has 1 aromatic heterocycles. The number of thiazole rings is 1. The van der Waals surface area contributed by atoms with Gasteiger partial charge < -0.3 is 5.32 Å². The van der Waals surface area contributed by atoms with Crippen molar-refractivity contribution in [3.8, 4) is 0 Å². The normalized spacial score (nSPS) is 12.4. The Labute approximate surface area is 128 Å². The van der Waals surface area contributed by atoms with E-state index in [1.54, 1.807) is 17.4 Å². The fraction of sp³-hybridized carbons (Fsp3) is 0.400. The van der Waals surface area contributed by atoms with Gasteiger partial charge in [0, 0.05) is 17.4 Å². The molecule has 1 N–H and O–H groups in total. The number of aromatic nitrogens is 1. The molecule has 6 heteroatoms. The van der Waals surface area contributed by atoms with Crippen LogP contribution in [0.2, 0.25) is 0 Å². The molecule has 0 spiro atoms. The number of nitrogens with zero attached hydrogens (tertiary/aromatic N) is 2. The van der Waals surface area contributed by atoms with Crippen molar-refractivity contribution in [2.75, 3.05) is 5.32 Å². The Bertz CT molecular complexity index is 652. The van der Waals surface area contributed by atoms with Crippen molar-refractivity contribution < 1.29 is 4.92 Å². The van der Waals surface area contributed by atoms with Gasteiger partial charge in [-0.05, 0) is 19.4 Å². The maximum atomic E-state index is 11.1. The summed E-state index contributed by atoms with van der Waals surface area (Å²) in [6.45, 7) is 8.04. The van der Waals surface area contributed by atoms with Gasteiger partial charge in [-0.3, -0.25) is 10.1 Å². The highest BCUT2D eigenvalue weighted by Crippen LogP contribution is 2.32. The predicted octanol–water partition coefficient (Wildman–Crippen LogP) is 4.66. The second-order valence-electron chi connectivity index (χ2n) is 5.36. The molecule has 0 aliphatic carbocycles. The highest BCUT2D eigenvalue weighted by Gasteiger charge is 2.19. The van der Waals surface area contributed by atoms with Crippen LogP contribution in [-0.4, -0.2) is 9.91 Å². The van der Waals surface area contributed by atoms with Crippen molar-refractivity contribution in [1.82, 2.24) is 4.98 Å². The molecular formula is C15H19N3O2S. The van der Waals surface area contributed by atoms with E-state index in [-0.39, 0.29) is 16.7 Å². The monoisotopic (exact) mass is 305 g/mol. The summed E-state index contributed by atoms with van der Waals surface area (Å²) in [5, 5.41) is 17.5. The first kappa shape index (κ1) is 15.4. The zero-order valence-corrected chi connectivity index (χ0v) is 13.4. The molecule has 2 aromatic rings. The van der Waals surface area contributed by atoms with Gasteiger partial charge in [0.15, 0.2) is 0 Å². The van der Waals surface area contributed by atoms with E-state index in [1.165, 1.54) is 6.07 Å². The average molecular weight is 305 g/mol. The SMILES string of the molecule is Cc1cccc([N+](=O)[O-])c1NC(C)c1csc(C(C)C)n1. The van der Waals surface area contributed by atoms with Crippen molar-refractivity contribution in [3.05, 3.63) is 50.0 Å². The van der Waals surface area contributed by atoms with Gasteiger partial charge in [-0.25, -0.2) is 4.98 Å². The third kappa shape index (κ3) is 3.39. The Morgan fingerprint density at radius 1 is 1.33 bits per heavy atom. The number of rotatable bonds is 5. The predicted molar refractivity (Wildman–Crippen MR) is 86.1 cm³/mol. The summed E-state index contributed by atoms with van der Waals surface area (Å²) in [6.07, 6.45) is 0. The minimum Gasteiger partial charge on any atom is -0.371 e. The zero-order chi connectivity index (χ0) is 15.6. The van der Waals surface area contributed by atoms with E-state index in [4.69, 9.17) is 0 Å². The molecule has 21 heavy (non-hydrogen) atoms. The second kappa shape index (κ2) is 6.22. The zero-order valence-electron chi connectivity index (χ0n) is 12.6. The van der Waals surface area contributed by atoms with Crippen molar-refractivity contribution in [3.63, 3.8) is 0 Å². The van der Waals surface area contributed by atoms with Gasteiger partial charge in [0.05, 0.1) is 21.7 Å². The van der Waals surface area contributed by atoms with Gasteiger partial charge >= 0.3 is 0 Å². The molecule has 1 aromatic carbocycles. The molecule has 0 saturated heterocycles. The molecule has 0 aliphatic heterocycles. The van der Waals surface area contributed by atoms with Gasteiger partial charge in [-0.2, -0.15) is 0 Å². The first-order valence-corrected chi connectivity index (χ1v) is 7.74. The molecule has 1 atom stereocenters. The molecule has 5 nitrogen and oxygen atoms in total. The lowest BCUT2D eigenvalue weighted by atomic mass is 10.1. The van der Waals surface area contributed by atoms with Gasteiger partial charge in [-0.15, -0.1) is 11.3 Å². The Morgan fingerprint density at radius 3 is 2.62 bits per heavy atom. The van der Waals surface area contributed by atoms with Crippen LogP contribution in [-0.2, 0) is 0 Å². The summed E-state index contributed by atoms with van der Waals surface area (Å²) in [7, 11) is 0. The number of benzene rings is 1. The van der Waals surface area contributed by atoms with Crippen molar-refractivity contribution in [2.24, 2.45) is 0 Å². The molecule has 1 heterocycles. The van der Waals surface area contributed by atoms with E-state index in [2.05, 4.69) is 24.1 Å². The Balaban J connectivity index is 2.26. The Hall–Kier alpha value is -1.95. The number of para-hydroxylation sites is 1. The number of hydrogen-bond donors (Lipinski definition) is 1. The average Bonchev–Trinajstić information content (AvgIpc) is 2.90. The van der Waals surface area contributed by atoms with E-state index in [9.17, 15) is 10.1 Å². The van der Waals surface area contributed by atoms with Crippen LogP contribution in [0.15, 0.2) is 23.6 Å². The molecular weight excluding hydrogens is 286 g/mol. The third-order valence-corrected chi connectivity index (χ3v) is 4.45. The largest absolute Gasteiger partial charge is 0.371 e. The maximum Gasteiger partial charge on any atom is 0.292 e. The standard InChI is InChI=1S/C15H19N3O2S/c1-9(2)15-17-12(8-21-15)11(4)16-14-10(3)6-5-7-13(14)18(19)20/h5-9,11,16H,1-4H3. The minimum atomic E-state index is -0.358. The molecule has 0 aliphatic rings. The topological polar surface area (TPSA) is 68.1 Å². The summed E-state index contributed by atoms with van der Waals surface area (Å²) >= 11 is 1.63. The van der Waals surface area contributed by atoms with Crippen LogP contribution in [0.25, 0.3) is 0 Å². The lowest BCUT2D eigenvalue weighted by Crippen LogP contribution is -2.10. The number of nitrogens with one attached hydrogen (secondary N) is 1. The van der Waals surface area contributed by atoms with Crippen LogP contribution in [0.1, 0.15) is 49.0 Å². The Morgan fingerprint density at radius 2 is 2.05 bits per heavy atom. The van der Waals surface area contributed by atoms with Crippen LogP contribution in [0, 0.1) is 17.0 Å². The lowest BCUT2D eigenvalue weighted by molar-refractivity contribution is -0.384. The van der Waals surface area contributed by atoms with E-state index in [1.807, 2.05) is 25.3 Å². The molecule has 112 valence electrons. The van der Waals surface area contributed by atoms with E-state index in [0.29, 0.717) is 11.6 Å². The smallest absolute Gasteiger partial charge is 0.292 e. The molecule has 0 bridgehead atoms. The molecule has 1 unspecified atom stereocenters. The molecule has 0 amide bonds. The number of anilines is 1. The van der Waals surface area contributed by atoms with Crippen LogP contribution < -0.4 is 5.32 Å². The van der Waals surface area contributed by atoms with Crippen molar-refractivity contribution in [1.29, 1.82) is 0 Å². The fourth-order valence-corrected chi connectivity index (χ4v) is 2.98. The number of nitro groups is 1. The third-order valence-electron chi connectivity index (χ3n) is 3.29. The van der Waals surface area contributed by atoms with E-state index < -0.39 is 0 Å². The van der Waals surface area contributed by atoms with Gasteiger partial charge in [0.2, 0.25) is 0 Å². The quantitative estimate of drug-likeness (QED) is 0.644. The molecule has 0 saturated carbocycles. The summed E-state index contributed by atoms with van der Waals surface area (Å²) in [5.41, 5.74) is 2.44. The summed E-state index contributed by atoms with van der Waals surface area (Å²) < 4.78 is 0. The van der Waals surface area contributed by atoms with Crippen molar-refractivity contribution >= 4 is 22.7 Å². The van der Waals surface area contributed by atoms with Gasteiger partial charge in [-0.1, -0.05) is 26.0 Å². The van der Waals surface area contributed by atoms with Crippen LogP contribution in [0.5, 0.6) is 0 Å². The first-order valence-electron chi connectivity index (χ1n) is 6.86. The van der Waals surface area contributed by atoms with E-state index in [0.717, 1.165) is 16.3 Å². The lowest BCUT2D eigenvalue weighted by Gasteiger charge is -2.15. The Kier molecular flexibility index (Phi) is 4.57. The number of hydrogen-bond acceptors (Lipinski definition) is 5. The van der Waals surface area contributed by atoms with E-state index >= 15 is 0 Å². The minimum absolute atomic E-state index is 0.0754. The van der Waals surface area contributed by atoms with Gasteiger partial charge in [0.1, 0.15) is 5.69 Å². The second-order valence-corrected chi connectivity index (χ2v) is 6.25. The summed E-state index contributed by atoms with van der Waals surface area (Å²) in [6, 6.07) is 5.00. The highest BCUT2D eigenvalue weighted by molar-refractivity contribution is 7.09. The number of nitro benzene ring substituents is 1. The van der Waals surface area contributed by atoms with Crippen LogP contribution >= 0.6 is 11.3 Å². The highest BCUT2D eigenvalue weighted by atomic mass is 32.1. The van der Waals surface area contributed by atoms with Gasteiger partial charge in [0.25, 0.3) is 5.69 Å². The maximum absolute atomic E-state index is 11.1. The van der Waals surface area contributed by atoms with Crippen LogP contribution in [0.4, 0.5) is 11.4 Å². The fourth-order valence-electron chi connectivity index (χ4n) is 2.05. The van der Waals surface area contributed by atoms with Crippen LogP contribution in [0.3, 0.4) is 0 Å². The number of aryl methyl sites for hydroxylation is 1. The molecule has 0 fully saturated rings. The molecule has 2 rings (SSSR count). The summed E-state index contributed by atoms with van der Waals surface area (Å²) in [5.74, 6) is 0.392.